The predicted octanol–water partition coefficient (Wildman–Crippen LogP) is 7.24. The summed E-state index contributed by atoms with van der Waals surface area (Å²) in [6.07, 6.45) is 5.31. The van der Waals surface area contributed by atoms with E-state index in [9.17, 15) is 18.0 Å². The third-order valence-electron chi connectivity index (χ3n) is 8.68. The zero-order valence-corrected chi connectivity index (χ0v) is 28.5. The van der Waals surface area contributed by atoms with Crippen LogP contribution in [0.15, 0.2) is 108 Å². The van der Waals surface area contributed by atoms with Crippen molar-refractivity contribution in [2.75, 3.05) is 10.8 Å². The van der Waals surface area contributed by atoms with Crippen molar-refractivity contribution in [2.45, 2.75) is 75.9 Å². The van der Waals surface area contributed by atoms with Crippen LogP contribution in [-0.2, 0) is 32.6 Å². The quantitative estimate of drug-likeness (QED) is 0.172. The van der Waals surface area contributed by atoms with Crippen LogP contribution in [0.5, 0.6) is 0 Å². The summed E-state index contributed by atoms with van der Waals surface area (Å²) in [7, 11) is -4.20. The highest BCUT2D eigenvalue weighted by atomic mass is 35.5. The van der Waals surface area contributed by atoms with Gasteiger partial charge >= 0.3 is 0 Å². The van der Waals surface area contributed by atoms with Gasteiger partial charge in [0.2, 0.25) is 11.8 Å². The molecular weight excluding hydrogens is 630 g/mol. The second kappa shape index (κ2) is 15.6. The van der Waals surface area contributed by atoms with Gasteiger partial charge in [-0.2, -0.15) is 0 Å². The van der Waals surface area contributed by atoms with Crippen LogP contribution in [-0.4, -0.2) is 43.8 Å². The number of carbonyl (C=O) groups excluding carboxylic acids is 2. The number of hydrogen-bond donors (Lipinski definition) is 1. The Morgan fingerprint density at radius 2 is 1.45 bits per heavy atom. The van der Waals surface area contributed by atoms with E-state index < -0.39 is 28.5 Å². The molecule has 1 N–H and O–H groups in total. The van der Waals surface area contributed by atoms with E-state index in [0.717, 1.165) is 58.7 Å². The standard InChI is InChI=1S/C38H42ClN3O4S/c1-28-16-20-31(21-17-28)26-41(36(24-30-10-5-3-6-11-30)38(44)40-33-13-7-4-8-14-33)37(43)27-42(34-15-9-12-32(39)25-34)47(45,46)35-22-18-29(2)19-23-35/h3,5-6,9-12,15-23,25,33,36H,4,7-8,13-14,24,26-27H2,1-2H3,(H,40,44)/t36-/m0/s1. The molecule has 0 unspecified atom stereocenters. The number of sulfonamides is 1. The van der Waals surface area contributed by atoms with Gasteiger partial charge < -0.3 is 10.2 Å². The van der Waals surface area contributed by atoms with Gasteiger partial charge in [0.15, 0.2) is 0 Å². The minimum Gasteiger partial charge on any atom is -0.352 e. The Kier molecular flexibility index (Phi) is 11.4. The molecule has 4 aromatic carbocycles. The fraction of sp³-hybridized carbons (Fsp3) is 0.316. The number of aryl methyl sites for hydroxylation is 2. The van der Waals surface area contributed by atoms with Gasteiger partial charge in [-0.05, 0) is 68.1 Å². The normalized spacial score (nSPS) is 14.3. The van der Waals surface area contributed by atoms with Crippen LogP contribution < -0.4 is 9.62 Å². The molecule has 7 nitrogen and oxygen atoms in total. The van der Waals surface area contributed by atoms with E-state index in [4.69, 9.17) is 11.6 Å². The summed E-state index contributed by atoms with van der Waals surface area (Å²) in [4.78, 5) is 30.4. The summed E-state index contributed by atoms with van der Waals surface area (Å²) in [6, 6.07) is 29.5. The van der Waals surface area contributed by atoms with Crippen LogP contribution in [0.1, 0.15) is 54.4 Å². The number of carbonyl (C=O) groups is 2. The van der Waals surface area contributed by atoms with Gasteiger partial charge in [-0.1, -0.05) is 115 Å². The van der Waals surface area contributed by atoms with Crippen LogP contribution in [0.3, 0.4) is 0 Å². The second-order valence-corrected chi connectivity index (χ2v) is 14.7. The van der Waals surface area contributed by atoms with Crippen LogP contribution in [0.25, 0.3) is 0 Å². The van der Waals surface area contributed by atoms with E-state index in [2.05, 4.69) is 5.32 Å². The maximum atomic E-state index is 14.7. The number of hydrogen-bond acceptors (Lipinski definition) is 4. The first-order valence-corrected chi connectivity index (χ1v) is 18.0. The zero-order chi connectivity index (χ0) is 33.4. The molecule has 4 aromatic rings. The van der Waals surface area contributed by atoms with E-state index in [1.807, 2.05) is 68.4 Å². The Balaban J connectivity index is 1.56. The molecule has 0 bridgehead atoms. The number of halogens is 1. The van der Waals surface area contributed by atoms with Gasteiger partial charge in [0.25, 0.3) is 10.0 Å². The summed E-state index contributed by atoms with van der Waals surface area (Å²) < 4.78 is 29.5. The topological polar surface area (TPSA) is 86.8 Å². The number of benzene rings is 4. The summed E-state index contributed by atoms with van der Waals surface area (Å²) in [5, 5.41) is 3.58. The van der Waals surface area contributed by atoms with Gasteiger partial charge in [0.1, 0.15) is 12.6 Å². The van der Waals surface area contributed by atoms with Crippen molar-refractivity contribution < 1.29 is 18.0 Å². The largest absolute Gasteiger partial charge is 0.352 e. The highest BCUT2D eigenvalue weighted by Crippen LogP contribution is 2.28. The number of anilines is 1. The third kappa shape index (κ3) is 9.02. The van der Waals surface area contributed by atoms with Gasteiger partial charge in [0.05, 0.1) is 10.6 Å². The molecule has 0 aromatic heterocycles. The van der Waals surface area contributed by atoms with Crippen LogP contribution in [0.2, 0.25) is 5.02 Å². The Morgan fingerprint density at radius 1 is 0.809 bits per heavy atom. The summed E-state index contributed by atoms with van der Waals surface area (Å²) in [5.74, 6) is -0.738. The van der Waals surface area contributed by atoms with E-state index in [1.165, 1.54) is 23.1 Å². The van der Waals surface area contributed by atoms with Crippen molar-refractivity contribution in [3.63, 3.8) is 0 Å². The number of rotatable bonds is 12. The first-order valence-electron chi connectivity index (χ1n) is 16.1. The lowest BCUT2D eigenvalue weighted by Crippen LogP contribution is -2.55. The highest BCUT2D eigenvalue weighted by molar-refractivity contribution is 7.92. The zero-order valence-electron chi connectivity index (χ0n) is 26.9. The molecule has 47 heavy (non-hydrogen) atoms. The Morgan fingerprint density at radius 3 is 2.09 bits per heavy atom. The number of nitrogens with one attached hydrogen (secondary N) is 1. The fourth-order valence-corrected chi connectivity index (χ4v) is 7.58. The molecule has 0 aliphatic heterocycles. The summed E-state index contributed by atoms with van der Waals surface area (Å²) >= 11 is 6.33. The fourth-order valence-electron chi connectivity index (χ4n) is 5.99. The van der Waals surface area contributed by atoms with Crippen molar-refractivity contribution in [1.29, 1.82) is 0 Å². The third-order valence-corrected chi connectivity index (χ3v) is 10.7. The second-order valence-electron chi connectivity index (χ2n) is 12.4. The molecule has 246 valence electrons. The van der Waals surface area contributed by atoms with Gasteiger partial charge in [-0.15, -0.1) is 0 Å². The lowest BCUT2D eigenvalue weighted by Gasteiger charge is -2.35. The van der Waals surface area contributed by atoms with Crippen molar-refractivity contribution in [1.82, 2.24) is 10.2 Å². The smallest absolute Gasteiger partial charge is 0.264 e. The van der Waals surface area contributed by atoms with E-state index in [-0.39, 0.29) is 35.5 Å². The van der Waals surface area contributed by atoms with Crippen molar-refractivity contribution in [3.05, 3.63) is 130 Å². The van der Waals surface area contributed by atoms with Crippen molar-refractivity contribution in [2.24, 2.45) is 0 Å². The maximum Gasteiger partial charge on any atom is 0.264 e. The highest BCUT2D eigenvalue weighted by Gasteiger charge is 2.35. The molecule has 0 spiro atoms. The van der Waals surface area contributed by atoms with Gasteiger partial charge in [-0.3, -0.25) is 13.9 Å². The van der Waals surface area contributed by atoms with E-state index in [0.29, 0.717) is 5.02 Å². The molecule has 2 amide bonds. The van der Waals surface area contributed by atoms with Crippen molar-refractivity contribution >= 4 is 39.1 Å². The summed E-state index contributed by atoms with van der Waals surface area (Å²) in [6.45, 7) is 3.47. The molecule has 1 saturated carbocycles. The summed E-state index contributed by atoms with van der Waals surface area (Å²) in [5.41, 5.74) is 3.97. The Labute approximate surface area is 283 Å². The first-order chi connectivity index (χ1) is 22.6. The number of amides is 2. The maximum absolute atomic E-state index is 14.7. The van der Waals surface area contributed by atoms with Gasteiger partial charge in [-0.25, -0.2) is 8.42 Å². The first kappa shape index (κ1) is 34.2. The molecule has 9 heteroatoms. The van der Waals surface area contributed by atoms with Crippen LogP contribution in [0.4, 0.5) is 5.69 Å². The van der Waals surface area contributed by atoms with Gasteiger partial charge in [0, 0.05) is 24.0 Å². The monoisotopic (exact) mass is 671 g/mol. The average molecular weight is 672 g/mol. The molecular formula is C38H42ClN3O4S. The SMILES string of the molecule is Cc1ccc(CN(C(=O)CN(c2cccc(Cl)c2)S(=O)(=O)c2ccc(C)cc2)[C@@H](Cc2ccccc2)C(=O)NC2CCCCC2)cc1. The van der Waals surface area contributed by atoms with Crippen molar-refractivity contribution in [3.8, 4) is 0 Å². The molecule has 5 rings (SSSR count). The van der Waals surface area contributed by atoms with Crippen LogP contribution >= 0.6 is 11.6 Å². The van der Waals surface area contributed by atoms with E-state index >= 15 is 0 Å². The minimum atomic E-state index is -4.20. The molecule has 0 heterocycles. The predicted molar refractivity (Wildman–Crippen MR) is 188 cm³/mol. The lowest BCUT2D eigenvalue weighted by atomic mass is 9.94. The minimum absolute atomic E-state index is 0.0377. The molecule has 1 aliphatic carbocycles. The molecule has 0 radical (unpaired) electrons. The average Bonchev–Trinajstić information content (AvgIpc) is 3.07. The lowest BCUT2D eigenvalue weighted by molar-refractivity contribution is -0.140. The number of nitrogens with zero attached hydrogens (tertiary/aromatic N) is 2. The molecule has 1 atom stereocenters. The molecule has 0 saturated heterocycles. The van der Waals surface area contributed by atoms with E-state index in [1.54, 1.807) is 30.3 Å². The molecule has 1 aliphatic rings. The molecule has 1 fully saturated rings. The Hall–Kier alpha value is -4.14. The van der Waals surface area contributed by atoms with Crippen LogP contribution in [0, 0.1) is 13.8 Å². The Bertz CT molecular complexity index is 1760.